The zero-order valence-electron chi connectivity index (χ0n) is 8.60. The fraction of sp³-hybridized carbons (Fsp3) is 0.0909. The first kappa shape index (κ1) is 8.96. The van der Waals surface area contributed by atoms with Gasteiger partial charge in [-0.3, -0.25) is 0 Å². The molecule has 0 aliphatic rings. The molecular formula is C11H9N3O2. The van der Waals surface area contributed by atoms with Crippen LogP contribution in [0.5, 0.6) is 0 Å². The van der Waals surface area contributed by atoms with Crippen molar-refractivity contribution < 1.29 is 8.94 Å². The summed E-state index contributed by atoms with van der Waals surface area (Å²) in [6, 6.07) is 10.0. The van der Waals surface area contributed by atoms with E-state index in [0.717, 1.165) is 11.0 Å². The van der Waals surface area contributed by atoms with Crippen molar-refractivity contribution in [2.45, 2.75) is 0 Å². The van der Waals surface area contributed by atoms with Gasteiger partial charge in [-0.15, -0.1) is 0 Å². The van der Waals surface area contributed by atoms with E-state index in [2.05, 4.69) is 15.5 Å². The second-order valence-corrected chi connectivity index (χ2v) is 3.32. The number of furan rings is 1. The van der Waals surface area contributed by atoms with E-state index in [9.17, 15) is 0 Å². The molecule has 16 heavy (non-hydrogen) atoms. The molecule has 5 nitrogen and oxygen atoms in total. The molecule has 80 valence electrons. The van der Waals surface area contributed by atoms with Gasteiger partial charge in [0.05, 0.1) is 0 Å². The molecule has 2 aromatic heterocycles. The molecule has 1 N–H and O–H groups in total. The van der Waals surface area contributed by atoms with Crippen LogP contribution in [-0.4, -0.2) is 17.2 Å². The number of anilines is 1. The molecule has 0 saturated carbocycles. The van der Waals surface area contributed by atoms with Crippen molar-refractivity contribution in [3.63, 3.8) is 0 Å². The summed E-state index contributed by atoms with van der Waals surface area (Å²) in [7, 11) is 1.72. The number of aromatic nitrogens is 2. The minimum Gasteiger partial charge on any atom is -0.453 e. The maximum Gasteiger partial charge on any atom is 0.321 e. The first-order valence-electron chi connectivity index (χ1n) is 4.87. The first-order valence-corrected chi connectivity index (χ1v) is 4.87. The van der Waals surface area contributed by atoms with Crippen molar-refractivity contribution >= 4 is 17.0 Å². The normalized spacial score (nSPS) is 10.8. The zero-order chi connectivity index (χ0) is 11.0. The predicted molar refractivity (Wildman–Crippen MR) is 59.1 cm³/mol. The molecule has 3 rings (SSSR count). The van der Waals surface area contributed by atoms with Crippen molar-refractivity contribution in [1.82, 2.24) is 10.1 Å². The fourth-order valence-electron chi connectivity index (χ4n) is 1.52. The van der Waals surface area contributed by atoms with Crippen LogP contribution in [0.2, 0.25) is 0 Å². The summed E-state index contributed by atoms with van der Waals surface area (Å²) < 4.78 is 10.5. The summed E-state index contributed by atoms with van der Waals surface area (Å²) in [6.45, 7) is 0. The molecule has 0 amide bonds. The number of nitrogens with zero attached hydrogens (tertiary/aromatic N) is 2. The van der Waals surface area contributed by atoms with Crippen molar-refractivity contribution in [2.75, 3.05) is 12.4 Å². The highest BCUT2D eigenvalue weighted by Crippen LogP contribution is 2.26. The Morgan fingerprint density at radius 3 is 2.88 bits per heavy atom. The van der Waals surface area contributed by atoms with Crippen LogP contribution in [0.25, 0.3) is 22.6 Å². The Morgan fingerprint density at radius 1 is 1.25 bits per heavy atom. The molecule has 5 heteroatoms. The van der Waals surface area contributed by atoms with Gasteiger partial charge in [0.2, 0.25) is 5.82 Å². The maximum atomic E-state index is 5.60. The van der Waals surface area contributed by atoms with E-state index in [4.69, 9.17) is 8.94 Å². The quantitative estimate of drug-likeness (QED) is 0.711. The van der Waals surface area contributed by atoms with Gasteiger partial charge in [0.15, 0.2) is 5.76 Å². The van der Waals surface area contributed by atoms with Crippen LogP contribution in [0.1, 0.15) is 0 Å². The summed E-state index contributed by atoms with van der Waals surface area (Å²) in [4.78, 5) is 4.11. The lowest BCUT2D eigenvalue weighted by Gasteiger charge is -1.84. The number of hydrogen-bond donors (Lipinski definition) is 1. The number of benzene rings is 1. The average Bonchev–Trinajstić information content (AvgIpc) is 2.95. The average molecular weight is 215 g/mol. The molecule has 0 bridgehead atoms. The molecule has 3 aromatic rings. The zero-order valence-corrected chi connectivity index (χ0v) is 8.60. The highest BCUT2D eigenvalue weighted by Gasteiger charge is 2.12. The third kappa shape index (κ3) is 1.33. The molecule has 2 heterocycles. The van der Waals surface area contributed by atoms with Crippen molar-refractivity contribution in [3.8, 4) is 11.6 Å². The molecule has 0 radical (unpaired) electrons. The molecular weight excluding hydrogens is 206 g/mol. The fourth-order valence-corrected chi connectivity index (χ4v) is 1.52. The predicted octanol–water partition coefficient (Wildman–Crippen LogP) is 2.52. The second kappa shape index (κ2) is 3.37. The first-order chi connectivity index (χ1) is 7.86. The van der Waals surface area contributed by atoms with Crippen LogP contribution in [0, 0.1) is 0 Å². The highest BCUT2D eigenvalue weighted by molar-refractivity contribution is 5.81. The Morgan fingerprint density at radius 2 is 2.12 bits per heavy atom. The number of para-hydroxylation sites is 1. The van der Waals surface area contributed by atoms with E-state index in [-0.39, 0.29) is 0 Å². The Bertz CT molecular complexity index is 594. The van der Waals surface area contributed by atoms with E-state index < -0.39 is 0 Å². The van der Waals surface area contributed by atoms with Crippen LogP contribution < -0.4 is 5.32 Å². The van der Waals surface area contributed by atoms with Gasteiger partial charge in [-0.1, -0.05) is 23.4 Å². The molecule has 0 fully saturated rings. The highest BCUT2D eigenvalue weighted by atomic mass is 16.5. The minimum atomic E-state index is 0.371. The van der Waals surface area contributed by atoms with Crippen molar-refractivity contribution in [2.24, 2.45) is 0 Å². The van der Waals surface area contributed by atoms with Crippen molar-refractivity contribution in [3.05, 3.63) is 30.3 Å². The van der Waals surface area contributed by atoms with E-state index >= 15 is 0 Å². The molecule has 0 aliphatic carbocycles. The number of rotatable bonds is 2. The summed E-state index contributed by atoms with van der Waals surface area (Å²) in [5.74, 6) is 1.05. The van der Waals surface area contributed by atoms with Crippen LogP contribution in [0.4, 0.5) is 6.01 Å². The van der Waals surface area contributed by atoms with Crippen LogP contribution in [0.3, 0.4) is 0 Å². The van der Waals surface area contributed by atoms with E-state index in [1.807, 2.05) is 30.3 Å². The van der Waals surface area contributed by atoms with Gasteiger partial charge in [0.1, 0.15) is 5.58 Å². The van der Waals surface area contributed by atoms with Crippen LogP contribution in [-0.2, 0) is 0 Å². The lowest BCUT2D eigenvalue weighted by molar-refractivity contribution is 0.432. The van der Waals surface area contributed by atoms with Crippen LogP contribution >= 0.6 is 0 Å². The Balaban J connectivity index is 2.11. The lowest BCUT2D eigenvalue weighted by Crippen LogP contribution is -1.86. The Kier molecular flexibility index (Phi) is 1.89. The molecule has 1 aromatic carbocycles. The van der Waals surface area contributed by atoms with Crippen LogP contribution in [0.15, 0.2) is 39.3 Å². The maximum absolute atomic E-state index is 5.60. The SMILES string of the molecule is CNc1nc(-c2cc3ccccc3o2)no1. The minimum absolute atomic E-state index is 0.371. The standard InChI is InChI=1S/C11H9N3O2/c1-12-11-13-10(14-16-11)9-6-7-4-2-3-5-8(7)15-9/h2-6H,1H3,(H,12,13,14). The largest absolute Gasteiger partial charge is 0.453 e. The topological polar surface area (TPSA) is 64.1 Å². The van der Waals surface area contributed by atoms with Gasteiger partial charge in [-0.25, -0.2) is 0 Å². The summed E-state index contributed by atoms with van der Waals surface area (Å²) in [6.07, 6.45) is 0. The summed E-state index contributed by atoms with van der Waals surface area (Å²) in [5, 5.41) is 7.60. The second-order valence-electron chi connectivity index (χ2n) is 3.32. The Hall–Kier alpha value is -2.30. The monoisotopic (exact) mass is 215 g/mol. The van der Waals surface area contributed by atoms with Crippen molar-refractivity contribution in [1.29, 1.82) is 0 Å². The van der Waals surface area contributed by atoms with Gasteiger partial charge in [0.25, 0.3) is 0 Å². The Labute approximate surface area is 91.1 Å². The number of fused-ring (bicyclic) bond motifs is 1. The van der Waals surface area contributed by atoms with Gasteiger partial charge in [-0.05, 0) is 12.1 Å². The van der Waals surface area contributed by atoms with E-state index in [1.54, 1.807) is 7.05 Å². The molecule has 0 aliphatic heterocycles. The lowest BCUT2D eigenvalue weighted by atomic mass is 10.2. The molecule has 0 unspecified atom stereocenters. The van der Waals surface area contributed by atoms with Gasteiger partial charge in [-0.2, -0.15) is 4.98 Å². The smallest absolute Gasteiger partial charge is 0.321 e. The van der Waals surface area contributed by atoms with E-state index in [1.165, 1.54) is 0 Å². The van der Waals surface area contributed by atoms with E-state index in [0.29, 0.717) is 17.6 Å². The van der Waals surface area contributed by atoms with Gasteiger partial charge in [0, 0.05) is 12.4 Å². The summed E-state index contributed by atoms with van der Waals surface area (Å²) in [5.41, 5.74) is 0.813. The van der Waals surface area contributed by atoms with Gasteiger partial charge >= 0.3 is 6.01 Å². The van der Waals surface area contributed by atoms with Gasteiger partial charge < -0.3 is 14.3 Å². The molecule has 0 atom stereocenters. The number of nitrogens with one attached hydrogen (secondary N) is 1. The number of hydrogen-bond acceptors (Lipinski definition) is 5. The molecule has 0 saturated heterocycles. The third-order valence-electron chi connectivity index (χ3n) is 2.29. The third-order valence-corrected chi connectivity index (χ3v) is 2.29. The summed E-state index contributed by atoms with van der Waals surface area (Å²) >= 11 is 0. The molecule has 0 spiro atoms.